The van der Waals surface area contributed by atoms with Gasteiger partial charge in [0, 0.05) is 33.4 Å². The highest BCUT2D eigenvalue weighted by Crippen LogP contribution is 2.31. The number of halogens is 3. The van der Waals surface area contributed by atoms with Crippen molar-refractivity contribution in [3.05, 3.63) is 62.5 Å². The standard InChI is InChI=1S/C21H22F2IN3O2/c22-17-10-14(24)5-4-13(17)9-16-15(6-8-26-19(16)23)20(28)27-11-21(29,12-27)18-3-1-2-7-25-18/h4-6,8,10,18,25,29H,1-3,7,9,11-12H2/t18-/m0/s1. The van der Waals surface area contributed by atoms with Crippen molar-refractivity contribution in [1.82, 2.24) is 15.2 Å². The lowest BCUT2D eigenvalue weighted by Gasteiger charge is -2.51. The van der Waals surface area contributed by atoms with E-state index in [1.54, 1.807) is 12.1 Å². The summed E-state index contributed by atoms with van der Waals surface area (Å²) < 4.78 is 29.5. The van der Waals surface area contributed by atoms with Gasteiger partial charge >= 0.3 is 0 Å². The molecule has 2 saturated heterocycles. The number of amides is 1. The number of rotatable bonds is 4. The predicted octanol–water partition coefficient (Wildman–Crippen LogP) is 2.88. The number of hydrogen-bond donors (Lipinski definition) is 2. The number of carbonyl (C=O) groups is 1. The fourth-order valence-corrected chi connectivity index (χ4v) is 4.60. The number of piperidine rings is 1. The molecule has 1 aromatic carbocycles. The van der Waals surface area contributed by atoms with E-state index in [0.29, 0.717) is 5.56 Å². The zero-order chi connectivity index (χ0) is 20.6. The average molecular weight is 513 g/mol. The molecule has 0 spiro atoms. The van der Waals surface area contributed by atoms with E-state index in [1.807, 2.05) is 22.6 Å². The largest absolute Gasteiger partial charge is 0.385 e. The van der Waals surface area contributed by atoms with E-state index >= 15 is 0 Å². The van der Waals surface area contributed by atoms with Crippen molar-refractivity contribution in [1.29, 1.82) is 0 Å². The molecule has 2 aromatic rings. The fourth-order valence-electron chi connectivity index (χ4n) is 4.15. The number of carbonyl (C=O) groups excluding carboxylic acids is 1. The van der Waals surface area contributed by atoms with Crippen molar-refractivity contribution in [3.63, 3.8) is 0 Å². The van der Waals surface area contributed by atoms with Crippen molar-refractivity contribution in [2.45, 2.75) is 37.3 Å². The number of aliphatic hydroxyl groups is 1. The molecule has 8 heteroatoms. The zero-order valence-electron chi connectivity index (χ0n) is 15.8. The van der Waals surface area contributed by atoms with Gasteiger partial charge in [0.2, 0.25) is 5.95 Å². The highest BCUT2D eigenvalue weighted by atomic mass is 127. The Balaban J connectivity index is 1.53. The number of β-amino-alcohol motifs (C(OH)–C–C–N with tert-alkyl or cyclic N) is 1. The Morgan fingerprint density at radius 2 is 2.10 bits per heavy atom. The second kappa shape index (κ2) is 8.23. The Labute approximate surface area is 181 Å². The van der Waals surface area contributed by atoms with Crippen LogP contribution in [-0.4, -0.2) is 52.2 Å². The number of hydrogen-bond acceptors (Lipinski definition) is 4. The third kappa shape index (κ3) is 4.15. The molecule has 2 fully saturated rings. The minimum atomic E-state index is -0.954. The summed E-state index contributed by atoms with van der Waals surface area (Å²) in [7, 11) is 0. The van der Waals surface area contributed by atoms with Gasteiger partial charge in [0.1, 0.15) is 11.4 Å². The predicted molar refractivity (Wildman–Crippen MR) is 113 cm³/mol. The van der Waals surface area contributed by atoms with Crippen LogP contribution in [0.3, 0.4) is 0 Å². The van der Waals surface area contributed by atoms with Crippen molar-refractivity contribution in [2.75, 3.05) is 19.6 Å². The van der Waals surface area contributed by atoms with Crippen LogP contribution in [0.15, 0.2) is 30.5 Å². The Hall–Kier alpha value is -1.65. The molecule has 1 atom stereocenters. The van der Waals surface area contributed by atoms with E-state index in [9.17, 15) is 18.7 Å². The molecule has 5 nitrogen and oxygen atoms in total. The Bertz CT molecular complexity index is 928. The zero-order valence-corrected chi connectivity index (χ0v) is 18.0. The summed E-state index contributed by atoms with van der Waals surface area (Å²) >= 11 is 2.00. The van der Waals surface area contributed by atoms with E-state index in [-0.39, 0.29) is 42.6 Å². The summed E-state index contributed by atoms with van der Waals surface area (Å²) in [5.41, 5.74) is -0.417. The molecule has 4 rings (SSSR count). The monoisotopic (exact) mass is 513 g/mol. The van der Waals surface area contributed by atoms with Crippen LogP contribution in [0, 0.1) is 15.3 Å². The first-order chi connectivity index (χ1) is 13.9. The first-order valence-corrected chi connectivity index (χ1v) is 10.8. The topological polar surface area (TPSA) is 65.5 Å². The van der Waals surface area contributed by atoms with Crippen LogP contribution in [0.1, 0.15) is 40.7 Å². The Morgan fingerprint density at radius 3 is 2.79 bits per heavy atom. The number of benzene rings is 1. The quantitative estimate of drug-likeness (QED) is 0.488. The van der Waals surface area contributed by atoms with Crippen LogP contribution < -0.4 is 5.32 Å². The van der Waals surface area contributed by atoms with Crippen LogP contribution in [0.5, 0.6) is 0 Å². The molecule has 0 bridgehead atoms. The van der Waals surface area contributed by atoms with Crippen LogP contribution >= 0.6 is 22.6 Å². The first-order valence-electron chi connectivity index (χ1n) is 9.70. The van der Waals surface area contributed by atoms with Crippen LogP contribution in [0.25, 0.3) is 0 Å². The van der Waals surface area contributed by atoms with Crippen molar-refractivity contribution < 1.29 is 18.7 Å². The highest BCUT2D eigenvalue weighted by Gasteiger charge is 2.49. The molecule has 3 heterocycles. The second-order valence-electron chi connectivity index (χ2n) is 7.81. The van der Waals surface area contributed by atoms with Gasteiger partial charge < -0.3 is 15.3 Å². The molecule has 1 aromatic heterocycles. The lowest BCUT2D eigenvalue weighted by Crippen LogP contribution is -2.72. The van der Waals surface area contributed by atoms with Crippen molar-refractivity contribution >= 4 is 28.5 Å². The van der Waals surface area contributed by atoms with Crippen LogP contribution in [0.2, 0.25) is 0 Å². The molecule has 0 unspecified atom stereocenters. The average Bonchev–Trinajstić information content (AvgIpc) is 2.69. The van der Waals surface area contributed by atoms with Gasteiger partial charge in [-0.25, -0.2) is 9.37 Å². The Morgan fingerprint density at radius 1 is 1.31 bits per heavy atom. The SMILES string of the molecule is O=C(c1ccnc(F)c1Cc1ccc(I)cc1F)N1CC(O)([C@@H]2CCCCN2)C1. The molecule has 0 radical (unpaired) electrons. The fraction of sp³-hybridized carbons (Fsp3) is 0.429. The molecular weight excluding hydrogens is 491 g/mol. The maximum atomic E-state index is 14.5. The van der Waals surface area contributed by atoms with Gasteiger partial charge in [0.25, 0.3) is 5.91 Å². The number of likely N-dealkylation sites (tertiary alicyclic amines) is 1. The summed E-state index contributed by atoms with van der Waals surface area (Å²) in [4.78, 5) is 18.2. The third-order valence-corrected chi connectivity index (χ3v) is 6.46. The number of aromatic nitrogens is 1. The summed E-state index contributed by atoms with van der Waals surface area (Å²) in [6, 6.07) is 6.13. The molecule has 2 aliphatic heterocycles. The molecule has 2 aliphatic rings. The molecular formula is C21H22F2IN3O2. The number of nitrogens with one attached hydrogen (secondary N) is 1. The summed E-state index contributed by atoms with van der Waals surface area (Å²) in [5.74, 6) is -1.59. The third-order valence-electron chi connectivity index (χ3n) is 5.79. The van der Waals surface area contributed by atoms with Crippen molar-refractivity contribution in [3.8, 4) is 0 Å². The van der Waals surface area contributed by atoms with Crippen molar-refractivity contribution in [2.24, 2.45) is 0 Å². The van der Waals surface area contributed by atoms with E-state index < -0.39 is 17.4 Å². The van der Waals surface area contributed by atoms with E-state index in [1.165, 1.54) is 23.2 Å². The number of pyridine rings is 1. The minimum absolute atomic E-state index is 0.0326. The van der Waals surface area contributed by atoms with Gasteiger partial charge in [-0.15, -0.1) is 0 Å². The summed E-state index contributed by atoms with van der Waals surface area (Å²) in [6.45, 7) is 1.26. The Kier molecular flexibility index (Phi) is 5.85. The molecule has 29 heavy (non-hydrogen) atoms. The number of nitrogens with zero attached hydrogens (tertiary/aromatic N) is 2. The maximum absolute atomic E-state index is 14.5. The molecule has 0 aliphatic carbocycles. The van der Waals surface area contributed by atoms with Gasteiger partial charge in [0.15, 0.2) is 0 Å². The maximum Gasteiger partial charge on any atom is 0.254 e. The van der Waals surface area contributed by atoms with Gasteiger partial charge in [0.05, 0.1) is 13.1 Å². The minimum Gasteiger partial charge on any atom is -0.385 e. The lowest BCUT2D eigenvalue weighted by atomic mass is 9.81. The summed E-state index contributed by atoms with van der Waals surface area (Å²) in [6.07, 6.45) is 4.19. The van der Waals surface area contributed by atoms with Gasteiger partial charge in [-0.2, -0.15) is 4.39 Å². The van der Waals surface area contributed by atoms with Gasteiger partial charge in [-0.3, -0.25) is 4.79 Å². The smallest absolute Gasteiger partial charge is 0.254 e. The summed E-state index contributed by atoms with van der Waals surface area (Å²) in [5, 5.41) is 14.2. The molecule has 154 valence electrons. The van der Waals surface area contributed by atoms with E-state index in [2.05, 4.69) is 10.3 Å². The highest BCUT2D eigenvalue weighted by molar-refractivity contribution is 14.1. The van der Waals surface area contributed by atoms with E-state index in [4.69, 9.17) is 0 Å². The second-order valence-corrected chi connectivity index (χ2v) is 9.05. The lowest BCUT2D eigenvalue weighted by molar-refractivity contribution is -0.108. The molecule has 0 saturated carbocycles. The van der Waals surface area contributed by atoms with Gasteiger partial charge in [-0.05, 0) is 65.7 Å². The molecule has 2 N–H and O–H groups in total. The molecule has 1 amide bonds. The van der Waals surface area contributed by atoms with Gasteiger partial charge in [-0.1, -0.05) is 12.5 Å². The van der Waals surface area contributed by atoms with Crippen LogP contribution in [0.4, 0.5) is 8.78 Å². The van der Waals surface area contributed by atoms with Crippen LogP contribution in [-0.2, 0) is 6.42 Å². The first kappa shape index (κ1) is 20.6. The van der Waals surface area contributed by atoms with E-state index in [0.717, 1.165) is 29.4 Å². The normalized spacial score (nSPS) is 21.0.